The molecule has 0 aromatic heterocycles. The van der Waals surface area contributed by atoms with Crippen molar-refractivity contribution in [3.05, 3.63) is 34.9 Å². The molecule has 2 rings (SSSR count). The number of hydrogen-bond donors (Lipinski definition) is 1. The van der Waals surface area contributed by atoms with E-state index in [9.17, 15) is 0 Å². The van der Waals surface area contributed by atoms with E-state index in [1.165, 1.54) is 5.56 Å². The van der Waals surface area contributed by atoms with Crippen molar-refractivity contribution in [3.8, 4) is 0 Å². The quantitative estimate of drug-likeness (QED) is 0.854. The third-order valence-corrected chi connectivity index (χ3v) is 2.91. The molecular weight excluding hydrogens is 210 g/mol. The zero-order valence-corrected chi connectivity index (χ0v) is 9.84. The summed E-state index contributed by atoms with van der Waals surface area (Å²) in [6.45, 7) is 5.78. The molecule has 1 aromatic carbocycles. The number of benzene rings is 1. The highest BCUT2D eigenvalue weighted by Crippen LogP contribution is 2.30. The predicted molar refractivity (Wildman–Crippen MR) is 62.2 cm³/mol. The Kier molecular flexibility index (Phi) is 3.01. The third kappa shape index (κ3) is 2.17. The second kappa shape index (κ2) is 4.12. The Hall–Kier alpha value is -0.570. The Labute approximate surface area is 95.6 Å². The van der Waals surface area contributed by atoms with Crippen LogP contribution < -0.4 is 5.32 Å². The van der Waals surface area contributed by atoms with Crippen molar-refractivity contribution in [1.82, 2.24) is 5.32 Å². The molecule has 0 amide bonds. The Morgan fingerprint density at radius 1 is 1.27 bits per heavy atom. The summed E-state index contributed by atoms with van der Waals surface area (Å²) in [5, 5.41) is 4.34. The number of nitrogens with one attached hydrogen (secondary N) is 1. The summed E-state index contributed by atoms with van der Waals surface area (Å²) >= 11 is 5.88. The second-order valence-corrected chi connectivity index (χ2v) is 4.82. The molecule has 3 heteroatoms. The molecule has 0 saturated carbocycles. The van der Waals surface area contributed by atoms with E-state index < -0.39 is 0 Å². The fourth-order valence-corrected chi connectivity index (χ4v) is 2.09. The smallest absolute Gasteiger partial charge is 0.0910 e. The van der Waals surface area contributed by atoms with Gasteiger partial charge < -0.3 is 10.1 Å². The second-order valence-electron chi connectivity index (χ2n) is 4.38. The average Bonchev–Trinajstić information content (AvgIpc) is 2.13. The van der Waals surface area contributed by atoms with Gasteiger partial charge in [-0.25, -0.2) is 0 Å². The van der Waals surface area contributed by atoms with E-state index in [4.69, 9.17) is 16.3 Å². The van der Waals surface area contributed by atoms with E-state index in [-0.39, 0.29) is 5.54 Å². The van der Waals surface area contributed by atoms with Crippen molar-refractivity contribution in [3.63, 3.8) is 0 Å². The first-order valence-electron chi connectivity index (χ1n) is 5.24. The minimum atomic E-state index is -0.00123. The summed E-state index contributed by atoms with van der Waals surface area (Å²) in [4.78, 5) is 0. The molecule has 2 nitrogen and oxygen atoms in total. The first kappa shape index (κ1) is 10.9. The molecule has 82 valence electrons. The highest BCUT2D eigenvalue weighted by molar-refractivity contribution is 6.30. The minimum absolute atomic E-state index is 0.00123. The zero-order chi connectivity index (χ0) is 10.9. The molecular formula is C12H16ClNO. The first-order chi connectivity index (χ1) is 7.12. The molecule has 15 heavy (non-hydrogen) atoms. The van der Waals surface area contributed by atoms with Crippen LogP contribution in [0.5, 0.6) is 0 Å². The van der Waals surface area contributed by atoms with Gasteiger partial charge >= 0.3 is 0 Å². The molecule has 0 spiro atoms. The zero-order valence-electron chi connectivity index (χ0n) is 9.09. The number of hydrogen-bond acceptors (Lipinski definition) is 2. The summed E-state index contributed by atoms with van der Waals surface area (Å²) in [7, 11) is 0. The van der Waals surface area contributed by atoms with E-state index in [0.717, 1.165) is 18.2 Å². The van der Waals surface area contributed by atoms with Gasteiger partial charge in [0, 0.05) is 11.1 Å². The summed E-state index contributed by atoms with van der Waals surface area (Å²) in [6.07, 6.45) is 0. The maximum Gasteiger partial charge on any atom is 0.0910 e. The highest BCUT2D eigenvalue weighted by atomic mass is 35.5. The van der Waals surface area contributed by atoms with Crippen LogP contribution >= 0.6 is 11.6 Å². The van der Waals surface area contributed by atoms with E-state index in [1.54, 1.807) is 0 Å². The normalized spacial score (nSPS) is 18.9. The van der Waals surface area contributed by atoms with Crippen molar-refractivity contribution in [2.75, 3.05) is 13.2 Å². The number of rotatable bonds is 3. The van der Waals surface area contributed by atoms with Crippen LogP contribution in [0.4, 0.5) is 0 Å². The van der Waals surface area contributed by atoms with Crippen molar-refractivity contribution >= 4 is 11.6 Å². The van der Waals surface area contributed by atoms with Crippen LogP contribution in [0.2, 0.25) is 5.02 Å². The molecule has 1 aromatic rings. The largest absolute Gasteiger partial charge is 0.377 e. The van der Waals surface area contributed by atoms with Gasteiger partial charge in [0.2, 0.25) is 0 Å². The summed E-state index contributed by atoms with van der Waals surface area (Å²) in [5.74, 6) is 0. The Morgan fingerprint density at radius 2 is 1.87 bits per heavy atom. The fourth-order valence-electron chi connectivity index (χ4n) is 1.96. The van der Waals surface area contributed by atoms with Gasteiger partial charge in [0.1, 0.15) is 0 Å². The molecule has 1 aliphatic rings. The molecule has 1 N–H and O–H groups in total. The van der Waals surface area contributed by atoms with Gasteiger partial charge in [-0.15, -0.1) is 0 Å². The fraction of sp³-hybridized carbons (Fsp3) is 0.500. The van der Waals surface area contributed by atoms with Crippen LogP contribution in [-0.4, -0.2) is 19.3 Å². The highest BCUT2D eigenvalue weighted by Gasteiger charge is 2.40. The standard InChI is InChI=1S/C12H16ClNO/c1-9(2)14-12(7-15-8-12)10-3-5-11(13)6-4-10/h3-6,9,14H,7-8H2,1-2H3. The monoisotopic (exact) mass is 225 g/mol. The van der Waals surface area contributed by atoms with E-state index in [1.807, 2.05) is 12.1 Å². The number of halogens is 1. The predicted octanol–water partition coefficient (Wildman–Crippen LogP) is 2.56. The summed E-state index contributed by atoms with van der Waals surface area (Å²) in [6, 6.07) is 8.45. The van der Waals surface area contributed by atoms with Gasteiger partial charge in [0.25, 0.3) is 0 Å². The summed E-state index contributed by atoms with van der Waals surface area (Å²) in [5.41, 5.74) is 1.26. The van der Waals surface area contributed by atoms with Crippen LogP contribution in [-0.2, 0) is 10.3 Å². The molecule has 0 atom stereocenters. The van der Waals surface area contributed by atoms with Crippen molar-refractivity contribution in [1.29, 1.82) is 0 Å². The average molecular weight is 226 g/mol. The van der Waals surface area contributed by atoms with Crippen LogP contribution in [0.3, 0.4) is 0 Å². The van der Waals surface area contributed by atoms with Gasteiger partial charge in [-0.1, -0.05) is 23.7 Å². The van der Waals surface area contributed by atoms with E-state index in [2.05, 4.69) is 31.3 Å². The van der Waals surface area contributed by atoms with Crippen LogP contribution in [0.25, 0.3) is 0 Å². The lowest BCUT2D eigenvalue weighted by Gasteiger charge is -2.44. The molecule has 0 radical (unpaired) electrons. The summed E-state index contributed by atoms with van der Waals surface area (Å²) < 4.78 is 5.33. The van der Waals surface area contributed by atoms with Gasteiger partial charge in [-0.05, 0) is 31.5 Å². The van der Waals surface area contributed by atoms with Gasteiger partial charge in [0.05, 0.1) is 18.8 Å². The Bertz CT molecular complexity index is 330. The maximum absolute atomic E-state index is 5.88. The number of ether oxygens (including phenoxy) is 1. The SMILES string of the molecule is CC(C)NC1(c2ccc(Cl)cc2)COC1. The van der Waals surface area contributed by atoms with Gasteiger partial charge in [-0.2, -0.15) is 0 Å². The Morgan fingerprint density at radius 3 is 2.27 bits per heavy atom. The van der Waals surface area contributed by atoms with Crippen molar-refractivity contribution < 1.29 is 4.74 Å². The molecule has 0 aliphatic carbocycles. The Balaban J connectivity index is 2.22. The van der Waals surface area contributed by atoms with Crippen LogP contribution in [0.1, 0.15) is 19.4 Å². The lowest BCUT2D eigenvalue weighted by molar-refractivity contribution is -0.0823. The molecule has 1 aliphatic heterocycles. The van der Waals surface area contributed by atoms with Gasteiger partial charge in [0.15, 0.2) is 0 Å². The van der Waals surface area contributed by atoms with Crippen LogP contribution in [0.15, 0.2) is 24.3 Å². The minimum Gasteiger partial charge on any atom is -0.377 e. The van der Waals surface area contributed by atoms with Crippen molar-refractivity contribution in [2.45, 2.75) is 25.4 Å². The molecule has 1 fully saturated rings. The first-order valence-corrected chi connectivity index (χ1v) is 5.62. The topological polar surface area (TPSA) is 21.3 Å². The van der Waals surface area contributed by atoms with Crippen molar-refractivity contribution in [2.24, 2.45) is 0 Å². The van der Waals surface area contributed by atoms with Crippen LogP contribution in [0, 0.1) is 0 Å². The molecule has 1 saturated heterocycles. The van der Waals surface area contributed by atoms with E-state index >= 15 is 0 Å². The molecule has 0 unspecified atom stereocenters. The lowest BCUT2D eigenvalue weighted by Crippen LogP contribution is -2.59. The third-order valence-electron chi connectivity index (χ3n) is 2.66. The molecule has 1 heterocycles. The van der Waals surface area contributed by atoms with Gasteiger partial charge in [-0.3, -0.25) is 0 Å². The molecule has 0 bridgehead atoms. The van der Waals surface area contributed by atoms with E-state index in [0.29, 0.717) is 6.04 Å². The maximum atomic E-state index is 5.88. The lowest BCUT2D eigenvalue weighted by atomic mass is 9.87.